The number of nitrogens with zero attached hydrogens (tertiary/aromatic N) is 3. The zero-order valence-electron chi connectivity index (χ0n) is 45.5. The molecule has 0 amide bonds. The van der Waals surface area contributed by atoms with E-state index in [1.54, 1.807) is 0 Å². The average Bonchev–Trinajstić information content (AvgIpc) is 1.53. The van der Waals surface area contributed by atoms with Crippen LogP contribution in [0.5, 0.6) is 0 Å². The average molecular weight is 1080 g/mol. The number of aromatic nitrogens is 1. The van der Waals surface area contributed by atoms with Crippen molar-refractivity contribution in [3.63, 3.8) is 0 Å². The summed E-state index contributed by atoms with van der Waals surface area (Å²) in [6.45, 7) is -0.142. The Balaban J connectivity index is 0.954. The molecule has 0 saturated carbocycles. The maximum Gasteiger partial charge on any atom is 0.252 e. The van der Waals surface area contributed by atoms with Gasteiger partial charge < -0.3 is 14.4 Å². The first-order chi connectivity index (χ1) is 41.7. The van der Waals surface area contributed by atoms with E-state index >= 15 is 0 Å². The SMILES string of the molecule is c1ccc(-c2ccc3c(c2)B2c4cc(-c5ccccc5)ccc4N(c4ccc5sc6ccccc6c5c4)c4cc(-n5c6ccccc6c6ccccc65)cc(c42)N3c2ccc3c(c2)C2(c4ccccc4-c4ccccc42)c2ccccc2-3)cc1. The molecule has 0 atom stereocenters. The Bertz CT molecular complexity index is 5190. The molecule has 0 N–H and O–H groups in total. The number of rotatable bonds is 5. The maximum absolute atomic E-state index is 2.64. The number of benzene rings is 13. The third-order valence-electron chi connectivity index (χ3n) is 19.0. The Hall–Kier alpha value is -10.5. The summed E-state index contributed by atoms with van der Waals surface area (Å²) in [5, 5.41) is 5.03. The summed E-state index contributed by atoms with van der Waals surface area (Å²) in [6.07, 6.45) is 0. The molecule has 0 fully saturated rings. The van der Waals surface area contributed by atoms with E-state index in [1.807, 2.05) is 11.3 Å². The number of para-hydroxylation sites is 2. The summed E-state index contributed by atoms with van der Waals surface area (Å²) in [5.74, 6) is 0. The molecule has 84 heavy (non-hydrogen) atoms. The predicted octanol–water partition coefficient (Wildman–Crippen LogP) is 18.9. The molecule has 19 rings (SSSR count). The van der Waals surface area contributed by atoms with Gasteiger partial charge in [-0.15, -0.1) is 11.3 Å². The van der Waals surface area contributed by atoms with Gasteiger partial charge in [0.2, 0.25) is 0 Å². The van der Waals surface area contributed by atoms with E-state index in [9.17, 15) is 0 Å². The standard InChI is InChI=1S/C79H48BN3S/c1-3-19-49(20-4-1)51-35-40-72-68(43-51)80-69-44-52(50-21-5-2-6-22-50)36-41-73(69)82(54-37-39-59-58-25-9-15-31-66(58)79(67(59)46-54)64-29-13-7-23-56(64)57-24-8-14-30-65(57)79)75-48-55(83-70-32-16-10-26-60(70)61-27-11-17-33-71(61)83)47-74(78(75)80)81(72)53-38-42-77-63(45-53)62-28-12-18-34-76(62)84-77/h1-48H. The van der Waals surface area contributed by atoms with Crippen LogP contribution in [0.3, 0.4) is 0 Å². The highest BCUT2D eigenvalue weighted by atomic mass is 32.1. The lowest BCUT2D eigenvalue weighted by Gasteiger charge is -2.45. The lowest BCUT2D eigenvalue weighted by atomic mass is 9.33. The van der Waals surface area contributed by atoms with E-state index in [4.69, 9.17) is 0 Å². The van der Waals surface area contributed by atoms with Crippen molar-refractivity contribution in [1.82, 2.24) is 4.57 Å². The molecule has 3 nitrogen and oxygen atoms in total. The molecule has 13 aromatic carbocycles. The van der Waals surface area contributed by atoms with Crippen LogP contribution < -0.4 is 26.2 Å². The van der Waals surface area contributed by atoms with Crippen LogP contribution in [0.1, 0.15) is 22.3 Å². The number of hydrogen-bond donors (Lipinski definition) is 0. The van der Waals surface area contributed by atoms with Gasteiger partial charge in [0, 0.05) is 65.1 Å². The zero-order valence-corrected chi connectivity index (χ0v) is 46.4. The van der Waals surface area contributed by atoms with Gasteiger partial charge in [0.05, 0.1) is 22.1 Å². The van der Waals surface area contributed by atoms with E-state index < -0.39 is 5.41 Å². The fourth-order valence-corrected chi connectivity index (χ4v) is 16.7. The van der Waals surface area contributed by atoms with E-state index in [-0.39, 0.29) is 6.71 Å². The largest absolute Gasteiger partial charge is 0.311 e. The summed E-state index contributed by atoms with van der Waals surface area (Å²) in [4.78, 5) is 5.24. The summed E-state index contributed by atoms with van der Waals surface area (Å²) in [7, 11) is 0. The second-order valence-corrected chi connectivity index (χ2v) is 24.1. The summed E-state index contributed by atoms with van der Waals surface area (Å²) >= 11 is 1.87. The summed E-state index contributed by atoms with van der Waals surface area (Å²) in [6, 6.07) is 110. The van der Waals surface area contributed by atoms with E-state index in [1.165, 1.54) is 137 Å². The molecule has 388 valence electrons. The van der Waals surface area contributed by atoms with Crippen molar-refractivity contribution in [1.29, 1.82) is 0 Å². The monoisotopic (exact) mass is 1080 g/mol. The lowest BCUT2D eigenvalue weighted by molar-refractivity contribution is 0.793. The van der Waals surface area contributed by atoms with Crippen molar-refractivity contribution in [2.75, 3.05) is 9.80 Å². The molecule has 2 aliphatic carbocycles. The van der Waals surface area contributed by atoms with Gasteiger partial charge in [-0.05, 0) is 156 Å². The van der Waals surface area contributed by atoms with Gasteiger partial charge in [-0.3, -0.25) is 0 Å². The zero-order chi connectivity index (χ0) is 54.8. The molecule has 0 radical (unpaired) electrons. The molecule has 1 spiro atoms. The van der Waals surface area contributed by atoms with Crippen molar-refractivity contribution in [3.8, 4) is 50.2 Å². The Morgan fingerprint density at radius 3 is 1.31 bits per heavy atom. The molecular formula is C79H48BN3S. The van der Waals surface area contributed by atoms with E-state index in [0.717, 1.165) is 28.4 Å². The predicted molar refractivity (Wildman–Crippen MR) is 355 cm³/mol. The highest BCUT2D eigenvalue weighted by Gasteiger charge is 2.52. The molecule has 0 bridgehead atoms. The third kappa shape index (κ3) is 6.20. The second-order valence-electron chi connectivity index (χ2n) is 23.0. The first-order valence-electron chi connectivity index (χ1n) is 29.2. The molecule has 4 heterocycles. The van der Waals surface area contributed by atoms with Gasteiger partial charge in [-0.25, -0.2) is 0 Å². The van der Waals surface area contributed by atoms with Crippen molar-refractivity contribution in [2.45, 2.75) is 5.41 Å². The van der Waals surface area contributed by atoms with E-state index in [2.05, 4.69) is 306 Å². The number of hydrogen-bond acceptors (Lipinski definition) is 3. The first kappa shape index (κ1) is 46.2. The van der Waals surface area contributed by atoms with Gasteiger partial charge in [-0.1, -0.05) is 218 Å². The summed E-state index contributed by atoms with van der Waals surface area (Å²) in [5.41, 5.74) is 29.0. The highest BCUT2D eigenvalue weighted by molar-refractivity contribution is 7.25. The van der Waals surface area contributed by atoms with Crippen molar-refractivity contribution < 1.29 is 0 Å². The smallest absolute Gasteiger partial charge is 0.252 e. The van der Waals surface area contributed by atoms with Crippen LogP contribution >= 0.6 is 11.3 Å². The van der Waals surface area contributed by atoms with Crippen LogP contribution in [-0.2, 0) is 5.41 Å². The lowest BCUT2D eigenvalue weighted by Crippen LogP contribution is -2.61. The minimum atomic E-state index is -0.522. The van der Waals surface area contributed by atoms with Gasteiger partial charge >= 0.3 is 0 Å². The molecule has 0 saturated heterocycles. The van der Waals surface area contributed by atoms with Crippen LogP contribution in [0.2, 0.25) is 0 Å². The van der Waals surface area contributed by atoms with Crippen molar-refractivity contribution in [3.05, 3.63) is 313 Å². The van der Waals surface area contributed by atoms with Gasteiger partial charge in [-0.2, -0.15) is 0 Å². The Morgan fingerprint density at radius 2 is 0.738 bits per heavy atom. The summed E-state index contributed by atoms with van der Waals surface area (Å²) < 4.78 is 5.10. The Labute approximate surface area is 490 Å². The van der Waals surface area contributed by atoms with E-state index in [0.29, 0.717) is 0 Å². The molecule has 0 unspecified atom stereocenters. The first-order valence-corrected chi connectivity index (χ1v) is 30.0. The number of fused-ring (bicyclic) bond motifs is 20. The minimum absolute atomic E-state index is 0.142. The normalized spacial score (nSPS) is 13.7. The molecule has 5 heteroatoms. The molecule has 15 aromatic rings. The van der Waals surface area contributed by atoms with Gasteiger partial charge in [0.1, 0.15) is 0 Å². The van der Waals surface area contributed by atoms with Gasteiger partial charge in [0.25, 0.3) is 6.71 Å². The van der Waals surface area contributed by atoms with Crippen LogP contribution in [0.15, 0.2) is 291 Å². The number of thiophene rings is 1. The van der Waals surface area contributed by atoms with Crippen LogP contribution in [0.4, 0.5) is 34.1 Å². The minimum Gasteiger partial charge on any atom is -0.311 e. The van der Waals surface area contributed by atoms with Crippen molar-refractivity contribution in [2.24, 2.45) is 0 Å². The Morgan fingerprint density at radius 1 is 0.286 bits per heavy atom. The van der Waals surface area contributed by atoms with Crippen molar-refractivity contribution >= 4 is 111 Å². The topological polar surface area (TPSA) is 11.4 Å². The fraction of sp³-hybridized carbons (Fsp3) is 0.0127. The molecule has 2 aliphatic heterocycles. The maximum atomic E-state index is 2.64. The third-order valence-corrected chi connectivity index (χ3v) is 20.1. The van der Waals surface area contributed by atoms with Crippen LogP contribution in [0, 0.1) is 0 Å². The highest BCUT2D eigenvalue weighted by Crippen LogP contribution is 2.63. The molecular weight excluding hydrogens is 1030 g/mol. The number of anilines is 6. The van der Waals surface area contributed by atoms with Crippen LogP contribution in [0.25, 0.3) is 92.2 Å². The van der Waals surface area contributed by atoms with Crippen LogP contribution in [-0.4, -0.2) is 11.3 Å². The van der Waals surface area contributed by atoms with Gasteiger partial charge in [0.15, 0.2) is 0 Å². The molecule has 2 aromatic heterocycles. The molecule has 4 aliphatic rings. The second kappa shape index (κ2) is 17.3. The Kier molecular flexibility index (Phi) is 9.51. The fourth-order valence-electron chi connectivity index (χ4n) is 15.6. The quantitative estimate of drug-likeness (QED) is 0.159.